The van der Waals surface area contributed by atoms with Crippen LogP contribution in [0.2, 0.25) is 0 Å². The summed E-state index contributed by atoms with van der Waals surface area (Å²) in [7, 11) is -3.51. The average molecular weight is 446 g/mol. The van der Waals surface area contributed by atoms with E-state index in [0.717, 1.165) is 19.3 Å². The van der Waals surface area contributed by atoms with Crippen LogP contribution in [0, 0.1) is 6.92 Å². The molecular formula is C20H23N5O5S. The molecule has 0 saturated carbocycles. The Morgan fingerprint density at radius 3 is 2.55 bits per heavy atom. The molecule has 1 fully saturated rings. The number of aromatic nitrogens is 3. The third kappa shape index (κ3) is 4.23. The third-order valence-corrected chi connectivity index (χ3v) is 6.95. The van der Waals surface area contributed by atoms with E-state index in [2.05, 4.69) is 20.4 Å². The van der Waals surface area contributed by atoms with Crippen LogP contribution in [0.3, 0.4) is 0 Å². The molecule has 164 valence electrons. The van der Waals surface area contributed by atoms with Crippen LogP contribution in [0.15, 0.2) is 33.7 Å². The number of anilines is 2. The lowest BCUT2D eigenvalue weighted by atomic mass is 10.2. The molecule has 11 heteroatoms. The van der Waals surface area contributed by atoms with E-state index in [-0.39, 0.29) is 23.0 Å². The van der Waals surface area contributed by atoms with Gasteiger partial charge in [0.15, 0.2) is 0 Å². The number of benzene rings is 1. The number of piperidine rings is 1. The summed E-state index contributed by atoms with van der Waals surface area (Å²) in [5.74, 6) is -0.514. The number of hydrogen-bond acceptors (Lipinski definition) is 9. The fraction of sp³-hybridized carbons (Fsp3) is 0.400. The number of hydrogen-bond donors (Lipinski definition) is 1. The lowest BCUT2D eigenvalue weighted by Gasteiger charge is -2.25. The van der Waals surface area contributed by atoms with Gasteiger partial charge in [-0.25, -0.2) is 18.2 Å². The Morgan fingerprint density at radius 1 is 1.16 bits per heavy atom. The number of esters is 1. The predicted molar refractivity (Wildman–Crippen MR) is 113 cm³/mol. The number of carbonyl (C=O) groups is 1. The van der Waals surface area contributed by atoms with Crippen molar-refractivity contribution in [3.8, 4) is 0 Å². The van der Waals surface area contributed by atoms with Crippen LogP contribution in [0.1, 0.15) is 42.5 Å². The molecule has 2 aromatic heterocycles. The van der Waals surface area contributed by atoms with E-state index in [1.165, 1.54) is 4.31 Å². The Balaban J connectivity index is 1.63. The van der Waals surface area contributed by atoms with E-state index in [9.17, 15) is 13.2 Å². The van der Waals surface area contributed by atoms with Crippen LogP contribution in [-0.2, 0) is 14.8 Å². The third-order valence-electron chi connectivity index (χ3n) is 5.03. The van der Waals surface area contributed by atoms with Gasteiger partial charge in [-0.1, -0.05) is 11.6 Å². The summed E-state index contributed by atoms with van der Waals surface area (Å²) in [6.07, 6.45) is 2.81. The van der Waals surface area contributed by atoms with E-state index < -0.39 is 16.0 Å². The number of aryl methyl sites for hydroxylation is 1. The number of sulfonamides is 1. The molecule has 4 rings (SSSR count). The predicted octanol–water partition coefficient (Wildman–Crippen LogP) is 3.02. The molecule has 1 saturated heterocycles. The van der Waals surface area contributed by atoms with Crippen LogP contribution >= 0.6 is 0 Å². The summed E-state index contributed by atoms with van der Waals surface area (Å²) in [5, 5.41) is 7.52. The average Bonchev–Trinajstić information content (AvgIpc) is 3.16. The van der Waals surface area contributed by atoms with Gasteiger partial charge in [0.25, 0.3) is 5.71 Å². The van der Waals surface area contributed by atoms with E-state index in [1.54, 1.807) is 38.1 Å². The van der Waals surface area contributed by atoms with Crippen molar-refractivity contribution < 1.29 is 22.5 Å². The molecule has 3 aromatic rings. The minimum Gasteiger partial charge on any atom is -0.460 e. The SMILES string of the molecule is CCOC(=O)c1nc(Nc2ccc(S(=O)(=O)N3CCCCC3)cc2)c2c(C)noc2n1. The second-order valence-corrected chi connectivity index (χ2v) is 9.12. The highest BCUT2D eigenvalue weighted by molar-refractivity contribution is 7.89. The molecule has 1 aromatic carbocycles. The second-order valence-electron chi connectivity index (χ2n) is 7.18. The van der Waals surface area contributed by atoms with Crippen molar-refractivity contribution in [3.63, 3.8) is 0 Å². The van der Waals surface area contributed by atoms with Gasteiger partial charge in [-0.05, 0) is 51.0 Å². The van der Waals surface area contributed by atoms with Gasteiger partial charge >= 0.3 is 5.97 Å². The fourth-order valence-corrected chi connectivity index (χ4v) is 4.99. The van der Waals surface area contributed by atoms with Gasteiger partial charge in [0, 0.05) is 18.8 Å². The van der Waals surface area contributed by atoms with Crippen molar-refractivity contribution in [1.82, 2.24) is 19.4 Å². The summed E-state index contributed by atoms with van der Waals surface area (Å²) >= 11 is 0. The molecule has 0 radical (unpaired) electrons. The molecule has 3 heterocycles. The first-order valence-corrected chi connectivity index (χ1v) is 11.5. The summed E-state index contributed by atoms with van der Waals surface area (Å²) < 4.78 is 37.4. The molecule has 1 N–H and O–H groups in total. The zero-order valence-electron chi connectivity index (χ0n) is 17.3. The molecule has 0 amide bonds. The zero-order valence-corrected chi connectivity index (χ0v) is 18.1. The quantitative estimate of drug-likeness (QED) is 0.569. The zero-order chi connectivity index (χ0) is 22.0. The highest BCUT2D eigenvalue weighted by atomic mass is 32.2. The minimum absolute atomic E-state index is 0.155. The molecule has 31 heavy (non-hydrogen) atoms. The van der Waals surface area contributed by atoms with E-state index >= 15 is 0 Å². The summed E-state index contributed by atoms with van der Waals surface area (Å²) in [5.41, 5.74) is 1.30. The standard InChI is InChI=1S/C20H23N5O5S/c1-3-29-20(26)18-22-17(16-13(2)24-30-19(16)23-18)21-14-7-9-15(10-8-14)31(27,28)25-11-5-4-6-12-25/h7-10H,3-6,11-12H2,1-2H3,(H,21,22,23). The molecule has 1 aliphatic heterocycles. The van der Waals surface area contributed by atoms with Crippen molar-refractivity contribution in [2.24, 2.45) is 0 Å². The maximum Gasteiger partial charge on any atom is 0.376 e. The van der Waals surface area contributed by atoms with Crippen LogP contribution in [0.4, 0.5) is 11.5 Å². The molecule has 0 spiro atoms. The van der Waals surface area contributed by atoms with Crippen molar-refractivity contribution in [3.05, 3.63) is 35.8 Å². The van der Waals surface area contributed by atoms with Gasteiger partial charge < -0.3 is 14.6 Å². The van der Waals surface area contributed by atoms with Gasteiger partial charge in [0.1, 0.15) is 11.2 Å². The molecular weight excluding hydrogens is 422 g/mol. The normalized spacial score (nSPS) is 15.2. The van der Waals surface area contributed by atoms with Gasteiger partial charge in [-0.2, -0.15) is 9.29 Å². The second kappa shape index (κ2) is 8.60. The summed E-state index contributed by atoms with van der Waals surface area (Å²) in [6, 6.07) is 6.41. The van der Waals surface area contributed by atoms with E-state index in [1.807, 2.05) is 0 Å². The first kappa shape index (κ1) is 21.2. The number of nitrogens with one attached hydrogen (secondary N) is 1. The topological polar surface area (TPSA) is 128 Å². The van der Waals surface area contributed by atoms with Crippen LogP contribution < -0.4 is 5.32 Å². The van der Waals surface area contributed by atoms with Crippen molar-refractivity contribution in [1.29, 1.82) is 0 Å². The number of nitrogens with zero attached hydrogens (tertiary/aromatic N) is 4. The van der Waals surface area contributed by atoms with Gasteiger partial charge in [0.05, 0.1) is 17.2 Å². The van der Waals surface area contributed by atoms with Gasteiger partial charge in [0.2, 0.25) is 15.8 Å². The van der Waals surface area contributed by atoms with E-state index in [4.69, 9.17) is 9.26 Å². The van der Waals surface area contributed by atoms with Gasteiger partial charge in [-0.3, -0.25) is 0 Å². The smallest absolute Gasteiger partial charge is 0.376 e. The van der Waals surface area contributed by atoms with Crippen LogP contribution in [0.5, 0.6) is 0 Å². The molecule has 0 atom stereocenters. The highest BCUT2D eigenvalue weighted by Crippen LogP contribution is 2.28. The maximum absolute atomic E-state index is 12.8. The number of fused-ring (bicyclic) bond motifs is 1. The lowest BCUT2D eigenvalue weighted by molar-refractivity contribution is 0.0512. The molecule has 0 bridgehead atoms. The Hall–Kier alpha value is -3.05. The van der Waals surface area contributed by atoms with Gasteiger partial charge in [-0.15, -0.1) is 0 Å². The van der Waals surface area contributed by atoms with Crippen molar-refractivity contribution in [2.45, 2.75) is 38.0 Å². The Labute approximate surface area is 179 Å². The monoisotopic (exact) mass is 445 g/mol. The summed E-state index contributed by atoms with van der Waals surface area (Å²) in [6.45, 7) is 4.70. The minimum atomic E-state index is -3.51. The number of rotatable bonds is 6. The Bertz CT molecular complexity index is 1200. The number of ether oxygens (including phenoxy) is 1. The fourth-order valence-electron chi connectivity index (χ4n) is 3.47. The summed E-state index contributed by atoms with van der Waals surface area (Å²) in [4.78, 5) is 20.7. The molecule has 0 unspecified atom stereocenters. The van der Waals surface area contributed by atoms with Crippen LogP contribution in [0.25, 0.3) is 11.1 Å². The van der Waals surface area contributed by atoms with E-state index in [0.29, 0.717) is 35.7 Å². The largest absolute Gasteiger partial charge is 0.460 e. The molecule has 0 aliphatic carbocycles. The maximum atomic E-state index is 12.8. The Kier molecular flexibility index (Phi) is 5.88. The number of carbonyl (C=O) groups excluding carboxylic acids is 1. The lowest BCUT2D eigenvalue weighted by Crippen LogP contribution is -2.35. The first-order valence-electron chi connectivity index (χ1n) is 10.1. The van der Waals surface area contributed by atoms with Crippen molar-refractivity contribution >= 4 is 38.6 Å². The highest BCUT2D eigenvalue weighted by Gasteiger charge is 2.26. The van der Waals surface area contributed by atoms with Crippen LogP contribution in [-0.4, -0.2) is 53.5 Å². The van der Waals surface area contributed by atoms with Crippen molar-refractivity contribution in [2.75, 3.05) is 25.0 Å². The Morgan fingerprint density at radius 2 is 1.87 bits per heavy atom. The molecule has 1 aliphatic rings. The first-order chi connectivity index (χ1) is 14.9. The molecule has 10 nitrogen and oxygen atoms in total.